The first-order chi connectivity index (χ1) is 21.0. The Morgan fingerprint density at radius 1 is 1.00 bits per heavy atom. The summed E-state index contributed by atoms with van der Waals surface area (Å²) in [6.45, 7) is 4.61. The standard InChI is InChI=1S/C25H48N10O7S2/c1-31-9-11-33(12-10-31)43(38,39)29-6-8-35(22-4-5-22)25(37)23(30-44(40,41)34-13-15-42-16-14-34)17-24(36)27-18-21-3-2-7-32(19-21)20-28-26/h20-23,29-30H,2-19,26H2,1H3,(H,27,36)/t21-,23-/m0/s1. The quantitative estimate of drug-likeness (QED) is 0.0595. The lowest BCUT2D eigenvalue weighted by Crippen LogP contribution is -2.57. The highest BCUT2D eigenvalue weighted by molar-refractivity contribution is 7.87. The first-order valence-electron chi connectivity index (χ1n) is 15.3. The van der Waals surface area contributed by atoms with Gasteiger partial charge in [-0.15, -0.1) is 0 Å². The van der Waals surface area contributed by atoms with Crippen molar-refractivity contribution in [3.05, 3.63) is 0 Å². The minimum absolute atomic E-state index is 0.0314. The smallest absolute Gasteiger partial charge is 0.280 e. The predicted octanol–water partition coefficient (Wildman–Crippen LogP) is -3.29. The van der Waals surface area contributed by atoms with Crippen molar-refractivity contribution in [2.45, 2.75) is 44.2 Å². The molecule has 0 bridgehead atoms. The van der Waals surface area contributed by atoms with Crippen LogP contribution in [0.2, 0.25) is 0 Å². The van der Waals surface area contributed by atoms with Crippen LogP contribution in [0.3, 0.4) is 0 Å². The van der Waals surface area contributed by atoms with E-state index in [-0.39, 0.29) is 57.8 Å². The van der Waals surface area contributed by atoms with E-state index in [0.717, 1.165) is 32.2 Å². The van der Waals surface area contributed by atoms with Crippen molar-refractivity contribution in [2.75, 3.05) is 92.3 Å². The van der Waals surface area contributed by atoms with Crippen LogP contribution < -0.4 is 20.6 Å². The molecule has 3 aliphatic heterocycles. The molecule has 2 atom stereocenters. The average molecular weight is 665 g/mol. The van der Waals surface area contributed by atoms with Gasteiger partial charge in [0.25, 0.3) is 20.4 Å². The van der Waals surface area contributed by atoms with Crippen molar-refractivity contribution in [1.29, 1.82) is 0 Å². The van der Waals surface area contributed by atoms with Crippen molar-refractivity contribution in [2.24, 2.45) is 16.9 Å². The summed E-state index contributed by atoms with van der Waals surface area (Å²) in [5.74, 6) is 4.42. The molecule has 3 saturated heterocycles. The van der Waals surface area contributed by atoms with Crippen molar-refractivity contribution in [3.8, 4) is 0 Å². The van der Waals surface area contributed by atoms with Gasteiger partial charge in [-0.05, 0) is 38.6 Å². The van der Waals surface area contributed by atoms with Gasteiger partial charge in [-0.25, -0.2) is 4.72 Å². The van der Waals surface area contributed by atoms with Crippen LogP contribution in [0.5, 0.6) is 0 Å². The summed E-state index contributed by atoms with van der Waals surface area (Å²) >= 11 is 0. The highest BCUT2D eigenvalue weighted by atomic mass is 32.2. The Hall–Kier alpha value is -2.13. The van der Waals surface area contributed by atoms with Crippen LogP contribution in [-0.2, 0) is 34.7 Å². The molecule has 4 aliphatic rings. The van der Waals surface area contributed by atoms with E-state index in [1.165, 1.54) is 13.5 Å². The Balaban J connectivity index is 1.40. The van der Waals surface area contributed by atoms with E-state index in [0.29, 0.717) is 39.3 Å². The third-order valence-corrected chi connectivity index (χ3v) is 11.6. The van der Waals surface area contributed by atoms with Crippen LogP contribution >= 0.6 is 0 Å². The molecule has 0 radical (unpaired) electrons. The Bertz CT molecular complexity index is 1200. The Kier molecular flexibility index (Phi) is 12.6. The first-order valence-corrected chi connectivity index (χ1v) is 18.2. The van der Waals surface area contributed by atoms with E-state index in [1.54, 1.807) is 6.34 Å². The van der Waals surface area contributed by atoms with Gasteiger partial charge in [-0.2, -0.15) is 35.3 Å². The van der Waals surface area contributed by atoms with E-state index < -0.39 is 38.3 Å². The number of carbonyl (C=O) groups is 2. The van der Waals surface area contributed by atoms with Gasteiger partial charge in [0.15, 0.2) is 0 Å². The van der Waals surface area contributed by atoms with Gasteiger partial charge in [-0.3, -0.25) is 9.59 Å². The maximum atomic E-state index is 13.9. The monoisotopic (exact) mass is 664 g/mol. The molecule has 0 aromatic heterocycles. The van der Waals surface area contributed by atoms with Crippen LogP contribution in [0.4, 0.5) is 0 Å². The molecular weight excluding hydrogens is 616 g/mol. The summed E-state index contributed by atoms with van der Waals surface area (Å²) in [6.07, 6.45) is 4.44. The fraction of sp³-hybridized carbons (Fsp3) is 0.880. The molecule has 4 rings (SSSR count). The molecule has 1 saturated carbocycles. The second-order valence-electron chi connectivity index (χ2n) is 11.8. The van der Waals surface area contributed by atoms with Crippen LogP contribution in [0.15, 0.2) is 5.10 Å². The molecule has 0 aromatic carbocycles. The largest absolute Gasteiger partial charge is 0.379 e. The second-order valence-corrected chi connectivity index (χ2v) is 15.3. The lowest BCUT2D eigenvalue weighted by Gasteiger charge is -2.33. The summed E-state index contributed by atoms with van der Waals surface area (Å²) in [5, 5.41) is 6.44. The van der Waals surface area contributed by atoms with Gasteiger partial charge < -0.3 is 30.6 Å². The van der Waals surface area contributed by atoms with Gasteiger partial charge >= 0.3 is 0 Å². The van der Waals surface area contributed by atoms with Gasteiger partial charge in [-0.1, -0.05) is 0 Å². The van der Waals surface area contributed by atoms with Gasteiger partial charge in [0, 0.05) is 78.0 Å². The van der Waals surface area contributed by atoms with Crippen LogP contribution in [0.1, 0.15) is 32.1 Å². The highest BCUT2D eigenvalue weighted by Gasteiger charge is 2.39. The Morgan fingerprint density at radius 2 is 1.68 bits per heavy atom. The molecule has 17 nitrogen and oxygen atoms in total. The number of nitrogens with one attached hydrogen (secondary N) is 3. The minimum Gasteiger partial charge on any atom is -0.379 e. The van der Waals surface area contributed by atoms with Crippen LogP contribution in [-0.4, -0.2) is 163 Å². The number of rotatable bonds is 15. The number of likely N-dealkylation sites (N-methyl/N-ethyl adjacent to an activating group) is 1. The third-order valence-electron chi connectivity index (χ3n) is 8.37. The minimum atomic E-state index is -4.10. The van der Waals surface area contributed by atoms with E-state index >= 15 is 0 Å². The summed E-state index contributed by atoms with van der Waals surface area (Å²) < 4.78 is 65.1. The number of hydrazone groups is 1. The Morgan fingerprint density at radius 3 is 2.34 bits per heavy atom. The molecule has 4 fully saturated rings. The normalized spacial score (nSPS) is 23.9. The number of nitrogens with zero attached hydrogens (tertiary/aromatic N) is 6. The number of hydrogen-bond donors (Lipinski definition) is 4. The summed E-state index contributed by atoms with van der Waals surface area (Å²) in [7, 11) is -5.91. The average Bonchev–Trinajstić information content (AvgIpc) is 3.84. The molecule has 0 aromatic rings. The van der Waals surface area contributed by atoms with E-state index in [1.807, 2.05) is 16.8 Å². The number of amides is 2. The number of nitrogens with two attached hydrogens (primary N) is 1. The Labute approximate surface area is 260 Å². The molecule has 252 valence electrons. The molecule has 2 amide bonds. The summed E-state index contributed by atoms with van der Waals surface area (Å²) in [5.41, 5.74) is 0. The molecule has 3 heterocycles. The zero-order valence-electron chi connectivity index (χ0n) is 25.5. The maximum absolute atomic E-state index is 13.9. The third kappa shape index (κ3) is 10.2. The number of piperazine rings is 1. The van der Waals surface area contributed by atoms with E-state index in [4.69, 9.17) is 10.6 Å². The molecule has 1 aliphatic carbocycles. The molecule has 0 unspecified atom stereocenters. The maximum Gasteiger partial charge on any atom is 0.280 e. The molecule has 0 spiro atoms. The first kappa shape index (κ1) is 34.7. The molecule has 44 heavy (non-hydrogen) atoms. The molecule has 5 N–H and O–H groups in total. The van der Waals surface area contributed by atoms with Gasteiger partial charge in [0.2, 0.25) is 11.8 Å². The fourth-order valence-corrected chi connectivity index (χ4v) is 8.17. The predicted molar refractivity (Wildman–Crippen MR) is 164 cm³/mol. The SMILES string of the molecule is CN1CCN(S(=O)(=O)NCCN(C(=O)[C@H](CC(=O)NC[C@@H]2CCCN(C=NN)C2)NS(=O)(=O)N2CCOCC2)C2CC2)CC1. The van der Waals surface area contributed by atoms with Crippen LogP contribution in [0, 0.1) is 5.92 Å². The van der Waals surface area contributed by atoms with E-state index in [9.17, 15) is 26.4 Å². The number of carbonyl (C=O) groups excluding carboxylic acids is 2. The zero-order valence-corrected chi connectivity index (χ0v) is 27.1. The van der Waals surface area contributed by atoms with Gasteiger partial charge in [0.05, 0.1) is 19.6 Å². The topological polar surface area (TPSA) is 202 Å². The lowest BCUT2D eigenvalue weighted by molar-refractivity contribution is -0.136. The molecular formula is C25H48N10O7S2. The number of ether oxygens (including phenoxy) is 1. The number of hydrogen-bond acceptors (Lipinski definition) is 10. The summed E-state index contributed by atoms with van der Waals surface area (Å²) in [4.78, 5) is 32.5. The molecule has 19 heteroatoms. The number of likely N-dealkylation sites (tertiary alicyclic amines) is 1. The number of morpholine rings is 1. The van der Waals surface area contributed by atoms with Crippen molar-refractivity contribution in [3.63, 3.8) is 0 Å². The van der Waals surface area contributed by atoms with Crippen molar-refractivity contribution < 1.29 is 31.2 Å². The van der Waals surface area contributed by atoms with Crippen molar-refractivity contribution in [1.82, 2.24) is 38.1 Å². The number of piperidine rings is 1. The lowest BCUT2D eigenvalue weighted by atomic mass is 9.98. The van der Waals surface area contributed by atoms with E-state index in [2.05, 4.69) is 19.9 Å². The highest BCUT2D eigenvalue weighted by Crippen LogP contribution is 2.27. The zero-order chi connectivity index (χ0) is 31.7. The van der Waals surface area contributed by atoms with Crippen molar-refractivity contribution >= 4 is 38.6 Å². The summed E-state index contributed by atoms with van der Waals surface area (Å²) in [6, 6.07) is -1.50. The fourth-order valence-electron chi connectivity index (χ4n) is 5.67. The van der Waals surface area contributed by atoms with Gasteiger partial charge in [0.1, 0.15) is 12.4 Å². The second kappa shape index (κ2) is 15.9. The van der Waals surface area contributed by atoms with Crippen LogP contribution in [0.25, 0.3) is 0 Å².